The maximum absolute atomic E-state index is 12.9. The number of aromatic nitrogens is 2. The molecule has 4 rings (SSSR count). The summed E-state index contributed by atoms with van der Waals surface area (Å²) >= 11 is 7.67. The van der Waals surface area contributed by atoms with Crippen LogP contribution in [0.15, 0.2) is 35.7 Å². The Kier molecular flexibility index (Phi) is 3.89. The number of hydrogen-bond donors (Lipinski definition) is 2. The second-order valence-corrected chi connectivity index (χ2v) is 8.68. The van der Waals surface area contributed by atoms with E-state index < -0.39 is 0 Å². The maximum Gasteiger partial charge on any atom is 0.232 e. The second kappa shape index (κ2) is 5.85. The maximum atomic E-state index is 12.9. The van der Waals surface area contributed by atoms with Crippen molar-refractivity contribution in [2.75, 3.05) is 6.54 Å². The van der Waals surface area contributed by atoms with Gasteiger partial charge in [-0.05, 0) is 41.5 Å². The molecule has 2 heterocycles. The van der Waals surface area contributed by atoms with Gasteiger partial charge in [-0.3, -0.25) is 4.79 Å². The number of rotatable bonds is 5. The van der Waals surface area contributed by atoms with Crippen molar-refractivity contribution in [3.63, 3.8) is 0 Å². The van der Waals surface area contributed by atoms with Crippen molar-refractivity contribution in [3.05, 3.63) is 51.4 Å². The summed E-state index contributed by atoms with van der Waals surface area (Å²) in [5.41, 5.74) is 1.46. The molecule has 1 aromatic carbocycles. The van der Waals surface area contributed by atoms with Crippen molar-refractivity contribution >= 4 is 39.9 Å². The molecule has 2 N–H and O–H groups in total. The van der Waals surface area contributed by atoms with E-state index in [1.807, 2.05) is 29.6 Å². The van der Waals surface area contributed by atoms with Gasteiger partial charge in [0.2, 0.25) is 5.91 Å². The van der Waals surface area contributed by atoms with E-state index >= 15 is 0 Å². The lowest BCUT2D eigenvalue weighted by molar-refractivity contribution is -0.124. The average Bonchev–Trinajstić information content (AvgIpc) is 2.96. The number of hydrogen-bond acceptors (Lipinski definition) is 3. The van der Waals surface area contributed by atoms with Gasteiger partial charge in [0.15, 0.2) is 0 Å². The van der Waals surface area contributed by atoms with Gasteiger partial charge in [-0.1, -0.05) is 31.5 Å². The summed E-state index contributed by atoms with van der Waals surface area (Å²) in [7, 11) is 0. The molecule has 0 saturated heterocycles. The van der Waals surface area contributed by atoms with E-state index in [9.17, 15) is 4.79 Å². The van der Waals surface area contributed by atoms with Crippen LogP contribution >= 0.6 is 22.9 Å². The molecule has 1 saturated carbocycles. The van der Waals surface area contributed by atoms with Crippen LogP contribution in [0, 0.1) is 5.41 Å². The summed E-state index contributed by atoms with van der Waals surface area (Å²) in [5.74, 6) is 0.983. The van der Waals surface area contributed by atoms with Gasteiger partial charge >= 0.3 is 0 Å². The quantitative estimate of drug-likeness (QED) is 0.700. The molecular formula is C19H20ClN3OS. The predicted octanol–water partition coefficient (Wildman–Crippen LogP) is 4.30. The minimum absolute atomic E-state index is 0.0120. The topological polar surface area (TPSA) is 57.8 Å². The number of nitrogens with zero attached hydrogens (tertiary/aromatic N) is 1. The molecule has 1 atom stereocenters. The highest BCUT2D eigenvalue weighted by molar-refractivity contribution is 7.10. The van der Waals surface area contributed by atoms with E-state index in [-0.39, 0.29) is 16.7 Å². The second-order valence-electron chi connectivity index (χ2n) is 7.29. The molecule has 1 amide bonds. The van der Waals surface area contributed by atoms with Crippen LogP contribution in [-0.2, 0) is 16.6 Å². The molecule has 25 heavy (non-hydrogen) atoms. The molecule has 0 radical (unpaired) electrons. The van der Waals surface area contributed by atoms with E-state index in [0.29, 0.717) is 18.0 Å². The Morgan fingerprint density at radius 2 is 2.20 bits per heavy atom. The Morgan fingerprint density at radius 3 is 2.88 bits per heavy atom. The number of benzene rings is 1. The highest BCUT2D eigenvalue weighted by Gasteiger charge is 2.67. The van der Waals surface area contributed by atoms with E-state index in [2.05, 4.69) is 35.2 Å². The van der Waals surface area contributed by atoms with Crippen LogP contribution < -0.4 is 5.32 Å². The van der Waals surface area contributed by atoms with Gasteiger partial charge in [-0.15, -0.1) is 11.3 Å². The van der Waals surface area contributed by atoms with Crippen molar-refractivity contribution in [2.45, 2.75) is 32.1 Å². The van der Waals surface area contributed by atoms with Gasteiger partial charge in [0.05, 0.1) is 16.4 Å². The van der Waals surface area contributed by atoms with Crippen LogP contribution in [0.2, 0.25) is 5.02 Å². The summed E-state index contributed by atoms with van der Waals surface area (Å²) in [6.07, 6.45) is 1.56. The molecule has 0 unspecified atom stereocenters. The molecule has 2 aromatic heterocycles. The fourth-order valence-corrected chi connectivity index (χ4v) is 4.93. The number of amides is 1. The smallest absolute Gasteiger partial charge is 0.232 e. The lowest BCUT2D eigenvalue weighted by Crippen LogP contribution is -2.38. The lowest BCUT2D eigenvalue weighted by atomic mass is 9.93. The van der Waals surface area contributed by atoms with E-state index in [1.165, 1.54) is 0 Å². The summed E-state index contributed by atoms with van der Waals surface area (Å²) in [5, 5.41) is 5.84. The fraction of sp³-hybridized carbons (Fsp3) is 0.368. The zero-order chi connectivity index (χ0) is 17.7. The van der Waals surface area contributed by atoms with Crippen LogP contribution in [0.3, 0.4) is 0 Å². The molecule has 3 aromatic rings. The van der Waals surface area contributed by atoms with Crippen LogP contribution in [-0.4, -0.2) is 22.4 Å². The third-order valence-corrected chi connectivity index (χ3v) is 6.47. The third kappa shape index (κ3) is 2.75. The minimum Gasteiger partial charge on any atom is -0.355 e. The normalized spacial score (nSPS) is 21.4. The number of fused-ring (bicyclic) bond motifs is 1. The predicted molar refractivity (Wildman–Crippen MR) is 102 cm³/mol. The van der Waals surface area contributed by atoms with Gasteiger partial charge in [0.25, 0.3) is 0 Å². The van der Waals surface area contributed by atoms with Gasteiger partial charge in [0.1, 0.15) is 5.82 Å². The number of carbonyl (C=O) groups is 1. The van der Waals surface area contributed by atoms with Crippen molar-refractivity contribution in [1.29, 1.82) is 0 Å². The van der Waals surface area contributed by atoms with E-state index in [1.54, 1.807) is 11.3 Å². The number of imidazole rings is 1. The molecule has 1 aliphatic rings. The lowest BCUT2D eigenvalue weighted by Gasteiger charge is -2.18. The summed E-state index contributed by atoms with van der Waals surface area (Å²) in [6.45, 7) is 4.89. The monoisotopic (exact) mass is 373 g/mol. The molecule has 0 bridgehead atoms. The molecule has 0 aliphatic heterocycles. The Labute approximate surface area is 155 Å². The number of halogens is 1. The van der Waals surface area contributed by atoms with Crippen LogP contribution in [0.1, 0.15) is 31.0 Å². The number of thiophene rings is 1. The van der Waals surface area contributed by atoms with Crippen molar-refractivity contribution in [2.24, 2.45) is 5.41 Å². The van der Waals surface area contributed by atoms with Crippen molar-refractivity contribution in [3.8, 4) is 0 Å². The molecule has 1 aliphatic carbocycles. The number of nitrogens with one attached hydrogen (secondary N) is 2. The Morgan fingerprint density at radius 1 is 1.40 bits per heavy atom. The first kappa shape index (κ1) is 16.6. The van der Waals surface area contributed by atoms with E-state index in [4.69, 9.17) is 11.6 Å². The van der Waals surface area contributed by atoms with Gasteiger partial charge < -0.3 is 10.3 Å². The zero-order valence-corrected chi connectivity index (χ0v) is 15.8. The third-order valence-electron chi connectivity index (χ3n) is 5.21. The Bertz CT molecular complexity index is 931. The fourth-order valence-electron chi connectivity index (χ4n) is 3.66. The Hall–Kier alpha value is -1.85. The first-order valence-electron chi connectivity index (χ1n) is 8.39. The van der Waals surface area contributed by atoms with Crippen LogP contribution in [0.25, 0.3) is 11.0 Å². The Balaban J connectivity index is 1.43. The average molecular weight is 374 g/mol. The first-order chi connectivity index (χ1) is 11.9. The number of H-pyrrole nitrogens is 1. The van der Waals surface area contributed by atoms with Crippen molar-refractivity contribution in [1.82, 2.24) is 15.3 Å². The van der Waals surface area contributed by atoms with Gasteiger partial charge in [-0.2, -0.15) is 0 Å². The van der Waals surface area contributed by atoms with Gasteiger partial charge in [-0.25, -0.2) is 4.98 Å². The molecule has 0 spiro atoms. The summed E-state index contributed by atoms with van der Waals surface area (Å²) < 4.78 is 0. The number of aromatic amines is 1. The minimum atomic E-state index is -0.372. The summed E-state index contributed by atoms with van der Waals surface area (Å²) in [6, 6.07) is 9.68. The molecule has 1 fully saturated rings. The zero-order valence-electron chi connectivity index (χ0n) is 14.2. The highest BCUT2D eigenvalue weighted by Crippen LogP contribution is 2.65. The standard InChI is InChI=1S/C19H20ClN3OS/c1-18(2)11-19(18,15-4-3-9-25-15)17(24)21-8-7-16-22-13-6-5-12(20)10-14(13)23-16/h3-6,9-10H,7-8,11H2,1-2H3,(H,21,24)(H,22,23)/t19-/m1/s1. The van der Waals surface area contributed by atoms with Gasteiger partial charge in [0, 0.05) is 22.9 Å². The molecular weight excluding hydrogens is 354 g/mol. The molecule has 130 valence electrons. The highest BCUT2D eigenvalue weighted by atomic mass is 35.5. The van der Waals surface area contributed by atoms with Crippen LogP contribution in [0.5, 0.6) is 0 Å². The van der Waals surface area contributed by atoms with Crippen molar-refractivity contribution < 1.29 is 4.79 Å². The SMILES string of the molecule is CC1(C)C[C@]1(C(=O)NCCc1nc2ccc(Cl)cc2[nH]1)c1cccs1. The molecule has 4 nitrogen and oxygen atoms in total. The number of carbonyl (C=O) groups excluding carboxylic acids is 1. The van der Waals surface area contributed by atoms with E-state index in [0.717, 1.165) is 28.2 Å². The molecule has 6 heteroatoms. The first-order valence-corrected chi connectivity index (χ1v) is 9.65. The largest absolute Gasteiger partial charge is 0.355 e. The van der Waals surface area contributed by atoms with Crippen LogP contribution in [0.4, 0.5) is 0 Å². The summed E-state index contributed by atoms with van der Waals surface area (Å²) in [4.78, 5) is 21.9.